The summed E-state index contributed by atoms with van der Waals surface area (Å²) in [5.74, 6) is 0.0874. The second-order valence-corrected chi connectivity index (χ2v) is 7.76. The number of carbonyl (C=O) groups excluding carboxylic acids is 1. The van der Waals surface area contributed by atoms with E-state index in [0.717, 1.165) is 16.7 Å². The Labute approximate surface area is 134 Å². The number of aromatic hydroxyl groups is 1. The lowest BCUT2D eigenvalue weighted by atomic mass is 9.78. The molecule has 1 N–H and O–H groups in total. The molecule has 3 nitrogen and oxygen atoms in total. The van der Waals surface area contributed by atoms with E-state index in [1.165, 1.54) is 0 Å². The Bertz CT molecular complexity index is 496. The van der Waals surface area contributed by atoms with Crippen LogP contribution in [0, 0.1) is 6.92 Å². The maximum Gasteiger partial charge on any atom is 0.305 e. The summed E-state index contributed by atoms with van der Waals surface area (Å²) in [6, 6.07) is 4.03. The van der Waals surface area contributed by atoms with E-state index >= 15 is 0 Å². The van der Waals surface area contributed by atoms with Crippen molar-refractivity contribution in [2.45, 2.75) is 65.2 Å². The van der Waals surface area contributed by atoms with Gasteiger partial charge < -0.3 is 9.84 Å². The van der Waals surface area contributed by atoms with Crippen LogP contribution in [0.4, 0.5) is 0 Å². The molecule has 1 rings (SSSR count). The molecular weight excluding hydrogens is 276 g/mol. The van der Waals surface area contributed by atoms with Gasteiger partial charge in [0.15, 0.2) is 0 Å². The van der Waals surface area contributed by atoms with Gasteiger partial charge in [0.25, 0.3) is 0 Å². The topological polar surface area (TPSA) is 46.5 Å². The van der Waals surface area contributed by atoms with Gasteiger partial charge in [-0.25, -0.2) is 0 Å². The van der Waals surface area contributed by atoms with E-state index in [0.29, 0.717) is 18.8 Å². The predicted molar refractivity (Wildman–Crippen MR) is 90.1 cm³/mol. The van der Waals surface area contributed by atoms with Crippen LogP contribution in [0.15, 0.2) is 12.1 Å². The van der Waals surface area contributed by atoms with Crippen molar-refractivity contribution in [2.24, 2.45) is 0 Å². The number of esters is 1. The highest BCUT2D eigenvalue weighted by atomic mass is 16.5. The van der Waals surface area contributed by atoms with E-state index in [-0.39, 0.29) is 23.2 Å². The summed E-state index contributed by atoms with van der Waals surface area (Å²) in [6.07, 6.45) is 0.786. The van der Waals surface area contributed by atoms with Gasteiger partial charge >= 0.3 is 5.97 Å². The largest absolute Gasteiger partial charge is 0.507 e. The van der Waals surface area contributed by atoms with Crippen molar-refractivity contribution in [3.05, 3.63) is 35.7 Å². The number of carbonyl (C=O) groups is 1. The molecule has 1 radical (unpaired) electrons. The van der Waals surface area contributed by atoms with Crippen molar-refractivity contribution in [1.82, 2.24) is 0 Å². The fraction of sp³-hybridized carbons (Fsp3) is 0.579. The minimum atomic E-state index is -0.286. The number of hydrogen-bond acceptors (Lipinski definition) is 3. The number of hydrogen-bond donors (Lipinski definition) is 1. The molecule has 0 unspecified atom stereocenters. The first-order valence-corrected chi connectivity index (χ1v) is 7.78. The van der Waals surface area contributed by atoms with E-state index in [4.69, 9.17) is 4.74 Å². The second-order valence-electron chi connectivity index (χ2n) is 7.76. The molecular formula is C19H29O3. The third-order valence-electron chi connectivity index (χ3n) is 3.64. The van der Waals surface area contributed by atoms with E-state index in [1.54, 1.807) is 0 Å². The lowest BCUT2D eigenvalue weighted by Crippen LogP contribution is -2.18. The van der Waals surface area contributed by atoms with Crippen LogP contribution in [0.1, 0.15) is 64.7 Å². The van der Waals surface area contributed by atoms with Crippen molar-refractivity contribution in [1.29, 1.82) is 0 Å². The van der Waals surface area contributed by atoms with Crippen LogP contribution >= 0.6 is 0 Å². The van der Waals surface area contributed by atoms with Crippen molar-refractivity contribution in [3.8, 4) is 5.75 Å². The summed E-state index contributed by atoms with van der Waals surface area (Å²) in [7, 11) is 0. The van der Waals surface area contributed by atoms with Gasteiger partial charge in [-0.1, -0.05) is 53.7 Å². The molecule has 0 aliphatic rings. The average molecular weight is 305 g/mol. The van der Waals surface area contributed by atoms with Crippen LogP contribution in [0.3, 0.4) is 0 Å². The molecule has 0 spiro atoms. The van der Waals surface area contributed by atoms with Crippen molar-refractivity contribution >= 4 is 5.97 Å². The molecule has 0 aromatic heterocycles. The van der Waals surface area contributed by atoms with Gasteiger partial charge in [0, 0.05) is 12.8 Å². The van der Waals surface area contributed by atoms with Crippen LogP contribution in [0.5, 0.6) is 5.75 Å². The smallest absolute Gasteiger partial charge is 0.305 e. The number of phenols is 1. The number of rotatable bonds is 4. The molecule has 0 bridgehead atoms. The van der Waals surface area contributed by atoms with Crippen LogP contribution in [0.25, 0.3) is 0 Å². The zero-order valence-electron chi connectivity index (χ0n) is 14.7. The van der Waals surface area contributed by atoms with Crippen molar-refractivity contribution < 1.29 is 14.6 Å². The Balaban J connectivity index is 3.16. The van der Waals surface area contributed by atoms with E-state index in [1.807, 2.05) is 12.1 Å². The van der Waals surface area contributed by atoms with Crippen molar-refractivity contribution in [2.75, 3.05) is 6.61 Å². The minimum absolute atomic E-state index is 0.149. The first-order chi connectivity index (χ1) is 9.96. The summed E-state index contributed by atoms with van der Waals surface area (Å²) >= 11 is 0. The Hall–Kier alpha value is -1.51. The van der Waals surface area contributed by atoms with Crippen LogP contribution in [-0.2, 0) is 26.8 Å². The Kier molecular flexibility index (Phi) is 5.66. The molecule has 0 atom stereocenters. The van der Waals surface area contributed by atoms with Crippen LogP contribution in [-0.4, -0.2) is 17.7 Å². The molecule has 0 fully saturated rings. The average Bonchev–Trinajstić information content (AvgIpc) is 2.37. The summed E-state index contributed by atoms with van der Waals surface area (Å²) in [5, 5.41) is 10.6. The van der Waals surface area contributed by atoms with E-state index in [2.05, 4.69) is 48.5 Å². The molecule has 1 aromatic rings. The fourth-order valence-corrected chi connectivity index (χ4v) is 2.34. The Morgan fingerprint density at radius 2 is 1.55 bits per heavy atom. The first-order valence-electron chi connectivity index (χ1n) is 7.78. The first kappa shape index (κ1) is 18.5. The molecule has 0 heterocycles. The zero-order valence-corrected chi connectivity index (χ0v) is 14.7. The summed E-state index contributed by atoms with van der Waals surface area (Å²) < 4.78 is 5.11. The summed E-state index contributed by atoms with van der Waals surface area (Å²) in [5.41, 5.74) is 2.63. The molecule has 22 heavy (non-hydrogen) atoms. The summed E-state index contributed by atoms with van der Waals surface area (Å²) in [6.45, 7) is 16.4. The normalized spacial score (nSPS) is 12.3. The lowest BCUT2D eigenvalue weighted by Gasteiger charge is -2.28. The number of benzene rings is 1. The maximum absolute atomic E-state index is 11.2. The SMILES string of the molecule is [CH2]CC(=O)OCCc1cc(C(C)(C)C)c(O)c(C(C)(C)C)c1. The standard InChI is InChI=1S/C19H29O3/c1-8-16(20)22-10-9-13-11-14(18(2,3)4)17(21)15(12-13)19(5,6)7/h11-12,21H,1,8-10H2,2-7H3. The fourth-order valence-electron chi connectivity index (χ4n) is 2.34. The van der Waals surface area contributed by atoms with Gasteiger partial charge in [0.05, 0.1) is 6.61 Å². The van der Waals surface area contributed by atoms with Crippen molar-refractivity contribution in [3.63, 3.8) is 0 Å². The molecule has 3 heteroatoms. The molecule has 0 saturated heterocycles. The number of ether oxygens (including phenoxy) is 1. The monoisotopic (exact) mass is 305 g/mol. The van der Waals surface area contributed by atoms with Gasteiger partial charge in [0.1, 0.15) is 5.75 Å². The lowest BCUT2D eigenvalue weighted by molar-refractivity contribution is -0.142. The highest BCUT2D eigenvalue weighted by molar-refractivity contribution is 5.69. The molecule has 0 aliphatic carbocycles. The quantitative estimate of drug-likeness (QED) is 0.844. The van der Waals surface area contributed by atoms with Gasteiger partial charge in [-0.05, 0) is 34.4 Å². The van der Waals surface area contributed by atoms with Gasteiger partial charge in [-0.2, -0.15) is 0 Å². The Morgan fingerprint density at radius 1 is 1.09 bits per heavy atom. The maximum atomic E-state index is 11.2. The molecule has 0 amide bonds. The van der Waals surface area contributed by atoms with Gasteiger partial charge in [-0.15, -0.1) is 0 Å². The minimum Gasteiger partial charge on any atom is -0.507 e. The van der Waals surface area contributed by atoms with Crippen LogP contribution in [0.2, 0.25) is 0 Å². The zero-order chi connectivity index (χ0) is 17.1. The van der Waals surface area contributed by atoms with E-state index < -0.39 is 0 Å². The third-order valence-corrected chi connectivity index (χ3v) is 3.64. The molecule has 0 aliphatic heterocycles. The number of phenolic OH excluding ortho intramolecular Hbond substituents is 1. The van der Waals surface area contributed by atoms with Gasteiger partial charge in [-0.3, -0.25) is 4.79 Å². The highest BCUT2D eigenvalue weighted by Gasteiger charge is 2.26. The van der Waals surface area contributed by atoms with E-state index in [9.17, 15) is 9.90 Å². The third kappa shape index (κ3) is 4.75. The van der Waals surface area contributed by atoms with Gasteiger partial charge in [0.2, 0.25) is 0 Å². The highest BCUT2D eigenvalue weighted by Crippen LogP contribution is 2.39. The molecule has 1 aromatic carbocycles. The predicted octanol–water partition coefficient (Wildman–Crippen LogP) is 4.30. The Morgan fingerprint density at radius 3 is 1.91 bits per heavy atom. The second kappa shape index (κ2) is 6.72. The summed E-state index contributed by atoms with van der Waals surface area (Å²) in [4.78, 5) is 11.2. The van der Waals surface area contributed by atoms with Crippen LogP contribution < -0.4 is 0 Å². The molecule has 0 saturated carbocycles. The molecule has 123 valence electrons.